The van der Waals surface area contributed by atoms with E-state index in [4.69, 9.17) is 0 Å². The highest BCUT2D eigenvalue weighted by atomic mass is 16.2. The first-order valence-corrected chi connectivity index (χ1v) is 12.2. The lowest BCUT2D eigenvalue weighted by atomic mass is 10.2. The molecule has 6 nitrogen and oxygen atoms in total. The number of likely N-dealkylation sites (N-methyl/N-ethyl adjacent to an activating group) is 1. The van der Waals surface area contributed by atoms with Crippen LogP contribution in [-0.4, -0.2) is 92.6 Å². The van der Waals surface area contributed by atoms with Gasteiger partial charge in [-0.2, -0.15) is 0 Å². The van der Waals surface area contributed by atoms with E-state index in [1.54, 1.807) is 0 Å². The van der Waals surface area contributed by atoms with Crippen molar-refractivity contribution in [3.05, 3.63) is 66.2 Å². The number of amides is 1. The van der Waals surface area contributed by atoms with Crippen molar-refractivity contribution in [1.29, 1.82) is 0 Å². The molecule has 0 aliphatic carbocycles. The lowest BCUT2D eigenvalue weighted by Gasteiger charge is -2.35. The number of benzene rings is 2. The maximum atomic E-state index is 12.6. The first kappa shape index (κ1) is 23.5. The Balaban J connectivity index is 1.16. The molecule has 1 N–H and O–H groups in total. The van der Waals surface area contributed by atoms with Crippen molar-refractivity contribution < 1.29 is 4.79 Å². The minimum absolute atomic E-state index is 0.0664. The number of anilines is 2. The molecule has 4 rings (SSSR count). The van der Waals surface area contributed by atoms with Crippen LogP contribution in [0, 0.1) is 0 Å². The summed E-state index contributed by atoms with van der Waals surface area (Å²) < 4.78 is 0. The fraction of sp³-hybridized carbons (Fsp3) is 0.444. The zero-order valence-corrected chi connectivity index (χ0v) is 19.8. The summed E-state index contributed by atoms with van der Waals surface area (Å²) in [6.45, 7) is 12.9. The predicted molar refractivity (Wildman–Crippen MR) is 138 cm³/mol. The smallest absolute Gasteiger partial charge is 0.238 e. The zero-order chi connectivity index (χ0) is 22.9. The predicted octanol–water partition coefficient (Wildman–Crippen LogP) is 3.10. The van der Waals surface area contributed by atoms with Crippen molar-refractivity contribution in [3.63, 3.8) is 0 Å². The molecule has 0 atom stereocenters. The number of carbonyl (C=O) groups is 1. The fourth-order valence-corrected chi connectivity index (χ4v) is 4.51. The van der Waals surface area contributed by atoms with E-state index in [-0.39, 0.29) is 5.91 Å². The molecule has 2 aliphatic heterocycles. The average Bonchev–Trinajstić information content (AvgIpc) is 2.86. The lowest BCUT2D eigenvalue weighted by molar-refractivity contribution is -0.117. The van der Waals surface area contributed by atoms with E-state index >= 15 is 0 Å². The Morgan fingerprint density at radius 3 is 2.12 bits per heavy atom. The molecule has 0 unspecified atom stereocenters. The number of nitrogens with one attached hydrogen (secondary N) is 1. The van der Waals surface area contributed by atoms with Gasteiger partial charge >= 0.3 is 0 Å². The lowest BCUT2D eigenvalue weighted by Crippen LogP contribution is -2.48. The summed E-state index contributed by atoms with van der Waals surface area (Å²) in [5.41, 5.74) is 3.35. The summed E-state index contributed by atoms with van der Waals surface area (Å²) in [5, 5.41) is 3.07. The Labute approximate surface area is 198 Å². The van der Waals surface area contributed by atoms with Gasteiger partial charge < -0.3 is 15.1 Å². The van der Waals surface area contributed by atoms with Crippen molar-refractivity contribution >= 4 is 23.4 Å². The van der Waals surface area contributed by atoms with Gasteiger partial charge in [0.1, 0.15) is 0 Å². The largest absolute Gasteiger partial charge is 0.369 e. The molecule has 0 radical (unpaired) electrons. The van der Waals surface area contributed by atoms with E-state index in [1.165, 1.54) is 11.3 Å². The molecule has 1 amide bonds. The SMILES string of the molecule is CCN1CCN(c2ccc(NC(=O)CN3CCN(CC=Cc4ccccc4)CC3)cc2)CC1. The van der Waals surface area contributed by atoms with Gasteiger partial charge in [-0.1, -0.05) is 49.4 Å². The standard InChI is InChI=1S/C27H37N5O/c1-2-29-19-21-32(22-20-29)26-12-10-25(11-13-26)28-27(33)23-31-17-15-30(16-18-31)14-6-9-24-7-4-3-5-8-24/h3-13H,2,14-23H2,1H3,(H,28,33). The molecule has 2 aromatic rings. The highest BCUT2D eigenvalue weighted by Crippen LogP contribution is 2.19. The van der Waals surface area contributed by atoms with Gasteiger partial charge in [-0.25, -0.2) is 0 Å². The second kappa shape index (κ2) is 12.0. The summed E-state index contributed by atoms with van der Waals surface area (Å²) >= 11 is 0. The van der Waals surface area contributed by atoms with E-state index in [2.05, 4.69) is 80.4 Å². The second-order valence-corrected chi connectivity index (χ2v) is 8.91. The number of hydrogen-bond acceptors (Lipinski definition) is 5. The van der Waals surface area contributed by atoms with Crippen LogP contribution in [0.4, 0.5) is 11.4 Å². The number of hydrogen-bond donors (Lipinski definition) is 1. The molecule has 0 spiro atoms. The topological polar surface area (TPSA) is 42.1 Å². The molecular weight excluding hydrogens is 410 g/mol. The Bertz CT molecular complexity index is 882. The third kappa shape index (κ3) is 7.16. The van der Waals surface area contributed by atoms with Crippen molar-refractivity contribution in [2.24, 2.45) is 0 Å². The molecule has 2 aromatic carbocycles. The van der Waals surface area contributed by atoms with Gasteiger partial charge in [0.25, 0.3) is 0 Å². The Kier molecular flexibility index (Phi) is 8.53. The quantitative estimate of drug-likeness (QED) is 0.674. The third-order valence-electron chi connectivity index (χ3n) is 6.64. The van der Waals surface area contributed by atoms with Gasteiger partial charge in [0.05, 0.1) is 6.54 Å². The van der Waals surface area contributed by atoms with Crippen LogP contribution in [0.15, 0.2) is 60.7 Å². The van der Waals surface area contributed by atoms with E-state index < -0.39 is 0 Å². The Morgan fingerprint density at radius 2 is 1.45 bits per heavy atom. The highest BCUT2D eigenvalue weighted by Gasteiger charge is 2.19. The molecule has 6 heteroatoms. The minimum Gasteiger partial charge on any atom is -0.369 e. The molecule has 2 fully saturated rings. The molecule has 2 heterocycles. The van der Waals surface area contributed by atoms with Gasteiger partial charge in [-0.15, -0.1) is 0 Å². The molecule has 2 aliphatic rings. The van der Waals surface area contributed by atoms with Gasteiger partial charge in [0.2, 0.25) is 5.91 Å². The maximum absolute atomic E-state index is 12.6. The molecule has 33 heavy (non-hydrogen) atoms. The van der Waals surface area contributed by atoms with Crippen LogP contribution in [0.5, 0.6) is 0 Å². The summed E-state index contributed by atoms with van der Waals surface area (Å²) in [7, 11) is 0. The first-order chi connectivity index (χ1) is 16.2. The highest BCUT2D eigenvalue weighted by molar-refractivity contribution is 5.92. The normalized spacial score (nSPS) is 18.6. The van der Waals surface area contributed by atoms with Crippen molar-refractivity contribution in [3.8, 4) is 0 Å². The number of carbonyl (C=O) groups excluding carboxylic acids is 1. The van der Waals surface area contributed by atoms with Crippen LogP contribution in [0.25, 0.3) is 6.08 Å². The van der Waals surface area contributed by atoms with E-state index in [1.807, 2.05) is 18.2 Å². The monoisotopic (exact) mass is 447 g/mol. The van der Waals surface area contributed by atoms with Crippen LogP contribution >= 0.6 is 0 Å². The minimum atomic E-state index is 0.0664. The van der Waals surface area contributed by atoms with Crippen LogP contribution in [-0.2, 0) is 4.79 Å². The first-order valence-electron chi connectivity index (χ1n) is 12.2. The Morgan fingerprint density at radius 1 is 0.818 bits per heavy atom. The summed E-state index contributed by atoms with van der Waals surface area (Å²) in [6, 6.07) is 18.7. The fourth-order valence-electron chi connectivity index (χ4n) is 4.51. The molecule has 2 saturated heterocycles. The molecule has 176 valence electrons. The average molecular weight is 448 g/mol. The van der Waals surface area contributed by atoms with Gasteiger partial charge in [0, 0.05) is 70.3 Å². The van der Waals surface area contributed by atoms with Crippen LogP contribution in [0.2, 0.25) is 0 Å². The van der Waals surface area contributed by atoms with Gasteiger partial charge in [-0.05, 0) is 36.4 Å². The zero-order valence-electron chi connectivity index (χ0n) is 19.8. The van der Waals surface area contributed by atoms with E-state index in [0.29, 0.717) is 6.54 Å². The van der Waals surface area contributed by atoms with Crippen molar-refractivity contribution in [2.75, 3.05) is 82.2 Å². The van der Waals surface area contributed by atoms with Crippen molar-refractivity contribution in [2.45, 2.75) is 6.92 Å². The van der Waals surface area contributed by atoms with E-state index in [0.717, 1.165) is 71.1 Å². The molecule has 0 aromatic heterocycles. The van der Waals surface area contributed by atoms with Gasteiger partial charge in [-0.3, -0.25) is 14.6 Å². The van der Waals surface area contributed by atoms with E-state index in [9.17, 15) is 4.79 Å². The molecular formula is C27H37N5O. The maximum Gasteiger partial charge on any atom is 0.238 e. The second-order valence-electron chi connectivity index (χ2n) is 8.91. The van der Waals surface area contributed by atoms with Crippen LogP contribution in [0.1, 0.15) is 12.5 Å². The third-order valence-corrected chi connectivity index (χ3v) is 6.64. The molecule has 0 saturated carbocycles. The number of rotatable bonds is 8. The summed E-state index contributed by atoms with van der Waals surface area (Å²) in [6.07, 6.45) is 4.40. The number of piperazine rings is 2. The van der Waals surface area contributed by atoms with Crippen LogP contribution in [0.3, 0.4) is 0 Å². The Hall–Kier alpha value is -2.67. The summed E-state index contributed by atoms with van der Waals surface area (Å²) in [5.74, 6) is 0.0664. The van der Waals surface area contributed by atoms with Crippen molar-refractivity contribution in [1.82, 2.24) is 14.7 Å². The summed E-state index contributed by atoms with van der Waals surface area (Å²) in [4.78, 5) is 22.1. The van der Waals surface area contributed by atoms with Crippen LogP contribution < -0.4 is 10.2 Å². The van der Waals surface area contributed by atoms with Gasteiger partial charge in [0.15, 0.2) is 0 Å². The molecule has 0 bridgehead atoms. The number of nitrogens with zero attached hydrogens (tertiary/aromatic N) is 4.